The first-order valence-corrected chi connectivity index (χ1v) is 6.14. The quantitative estimate of drug-likeness (QED) is 0.620. The molecule has 0 radical (unpaired) electrons. The van der Waals surface area contributed by atoms with E-state index in [1.165, 1.54) is 0 Å². The van der Waals surface area contributed by atoms with Gasteiger partial charge in [0.15, 0.2) is 5.15 Å². The van der Waals surface area contributed by atoms with Crippen LogP contribution in [0.5, 0.6) is 0 Å². The maximum atomic E-state index is 11.9. The Kier molecular flexibility index (Phi) is 3.30. The molecule has 0 spiro atoms. The fraction of sp³-hybridized carbons (Fsp3) is 0.385. The van der Waals surface area contributed by atoms with Crippen LogP contribution in [0.2, 0.25) is 5.15 Å². The number of ether oxygens (including phenoxy) is 1. The lowest BCUT2D eigenvalue weighted by Gasteiger charge is -2.05. The number of carbonyl (C=O) groups is 1. The molecule has 0 fully saturated rings. The molecule has 2 heterocycles. The topological polar surface area (TPSA) is 44.1 Å². The molecule has 0 unspecified atom stereocenters. The van der Waals surface area contributed by atoms with Crippen molar-refractivity contribution in [3.05, 3.63) is 28.2 Å². The van der Waals surface area contributed by atoms with Gasteiger partial charge in [0.05, 0.1) is 12.1 Å². The number of hydrogen-bond donors (Lipinski definition) is 0. The van der Waals surface area contributed by atoms with E-state index >= 15 is 0 Å². The molecule has 96 valence electrons. The summed E-state index contributed by atoms with van der Waals surface area (Å²) in [6.07, 6.45) is 0. The third kappa shape index (κ3) is 1.86. The van der Waals surface area contributed by atoms with E-state index in [9.17, 15) is 4.79 Å². The molecule has 0 saturated carbocycles. The summed E-state index contributed by atoms with van der Waals surface area (Å²) < 4.78 is 6.81. The summed E-state index contributed by atoms with van der Waals surface area (Å²) in [5, 5.41) is 1.35. The van der Waals surface area contributed by atoms with Gasteiger partial charge >= 0.3 is 5.97 Å². The van der Waals surface area contributed by atoms with Crippen molar-refractivity contribution in [3.8, 4) is 0 Å². The van der Waals surface area contributed by atoms with Crippen molar-refractivity contribution >= 4 is 28.5 Å². The van der Waals surface area contributed by atoms with Crippen LogP contribution in [0.1, 0.15) is 28.7 Å². The summed E-state index contributed by atoms with van der Waals surface area (Å²) in [4.78, 5) is 16.2. The molecular weight excluding hydrogens is 252 g/mol. The van der Waals surface area contributed by atoms with Crippen molar-refractivity contribution in [3.63, 3.8) is 0 Å². The van der Waals surface area contributed by atoms with Gasteiger partial charge in [-0.3, -0.25) is 0 Å². The van der Waals surface area contributed by atoms with Crippen LogP contribution >= 0.6 is 11.6 Å². The second-order valence-electron chi connectivity index (χ2n) is 4.20. The van der Waals surface area contributed by atoms with Crippen LogP contribution in [0.25, 0.3) is 10.9 Å². The van der Waals surface area contributed by atoms with Gasteiger partial charge in [0.2, 0.25) is 0 Å². The Bertz CT molecular complexity index is 632. The summed E-state index contributed by atoms with van der Waals surface area (Å²) >= 11 is 6.15. The lowest BCUT2D eigenvalue weighted by Crippen LogP contribution is -2.11. The number of pyridine rings is 1. The lowest BCUT2D eigenvalue weighted by molar-refractivity contribution is 0.0515. The smallest absolute Gasteiger partial charge is 0.355 e. The van der Waals surface area contributed by atoms with E-state index < -0.39 is 0 Å². The fourth-order valence-electron chi connectivity index (χ4n) is 2.21. The summed E-state index contributed by atoms with van der Waals surface area (Å²) in [6, 6.07) is 1.93. The SMILES string of the molecule is CCOC(=O)c1c(C)c2cc(C)nc(Cl)c2n1C. The Balaban J connectivity index is 2.77. The molecule has 0 aliphatic rings. The number of carbonyl (C=O) groups excluding carboxylic acids is 1. The summed E-state index contributed by atoms with van der Waals surface area (Å²) in [5.41, 5.74) is 3.00. The van der Waals surface area contributed by atoms with Gasteiger partial charge < -0.3 is 9.30 Å². The summed E-state index contributed by atoms with van der Waals surface area (Å²) in [7, 11) is 1.80. The Morgan fingerprint density at radius 3 is 2.78 bits per heavy atom. The zero-order valence-corrected chi connectivity index (χ0v) is 11.6. The molecule has 0 bridgehead atoms. The molecule has 0 amide bonds. The number of halogens is 1. The standard InChI is InChI=1S/C13H15ClN2O2/c1-5-18-13(17)10-8(3)9-6-7(2)15-12(14)11(9)16(10)4/h6H,5H2,1-4H3. The Hall–Kier alpha value is -1.55. The highest BCUT2D eigenvalue weighted by atomic mass is 35.5. The van der Waals surface area contributed by atoms with Gasteiger partial charge in [-0.1, -0.05) is 11.6 Å². The van der Waals surface area contributed by atoms with Gasteiger partial charge in [-0.25, -0.2) is 9.78 Å². The monoisotopic (exact) mass is 266 g/mol. The second kappa shape index (κ2) is 4.61. The van der Waals surface area contributed by atoms with Crippen LogP contribution in [0.3, 0.4) is 0 Å². The van der Waals surface area contributed by atoms with Crippen molar-refractivity contribution in [2.45, 2.75) is 20.8 Å². The third-order valence-corrected chi connectivity index (χ3v) is 3.24. The highest BCUT2D eigenvalue weighted by Crippen LogP contribution is 2.30. The first-order chi connectivity index (χ1) is 8.47. The van der Waals surface area contributed by atoms with Crippen LogP contribution < -0.4 is 0 Å². The minimum Gasteiger partial charge on any atom is -0.461 e. The van der Waals surface area contributed by atoms with Crippen LogP contribution in [0.4, 0.5) is 0 Å². The highest BCUT2D eigenvalue weighted by molar-refractivity contribution is 6.34. The molecular formula is C13H15ClN2O2. The molecule has 18 heavy (non-hydrogen) atoms. The van der Waals surface area contributed by atoms with E-state index in [1.54, 1.807) is 18.5 Å². The average molecular weight is 267 g/mol. The van der Waals surface area contributed by atoms with E-state index in [-0.39, 0.29) is 5.97 Å². The Morgan fingerprint density at radius 2 is 2.17 bits per heavy atom. The second-order valence-corrected chi connectivity index (χ2v) is 4.56. The normalized spacial score (nSPS) is 10.9. The van der Waals surface area contributed by atoms with Gasteiger partial charge in [0.1, 0.15) is 5.69 Å². The zero-order valence-electron chi connectivity index (χ0n) is 10.9. The van der Waals surface area contributed by atoms with Crippen molar-refractivity contribution in [1.29, 1.82) is 0 Å². The number of fused-ring (bicyclic) bond motifs is 1. The first-order valence-electron chi connectivity index (χ1n) is 5.76. The molecule has 2 aromatic heterocycles. The molecule has 0 aliphatic heterocycles. The molecule has 5 heteroatoms. The van der Waals surface area contributed by atoms with Crippen molar-refractivity contribution < 1.29 is 9.53 Å². The van der Waals surface area contributed by atoms with Gasteiger partial charge in [-0.15, -0.1) is 0 Å². The highest BCUT2D eigenvalue weighted by Gasteiger charge is 2.21. The Labute approximate surface area is 111 Å². The summed E-state index contributed by atoms with van der Waals surface area (Å²) in [5.74, 6) is -0.331. The van der Waals surface area contributed by atoms with Crippen LogP contribution in [-0.2, 0) is 11.8 Å². The number of aryl methyl sites for hydroxylation is 3. The molecule has 2 rings (SSSR count). The first kappa shape index (κ1) is 12.9. The van der Waals surface area contributed by atoms with Gasteiger partial charge in [-0.2, -0.15) is 0 Å². The molecule has 0 atom stereocenters. The number of rotatable bonds is 2. The fourth-order valence-corrected chi connectivity index (χ4v) is 2.58. The van der Waals surface area contributed by atoms with Crippen LogP contribution in [0, 0.1) is 13.8 Å². The summed E-state index contributed by atoms with van der Waals surface area (Å²) in [6.45, 7) is 5.91. The molecule has 0 N–H and O–H groups in total. The minimum atomic E-state index is -0.331. The number of hydrogen-bond acceptors (Lipinski definition) is 3. The minimum absolute atomic E-state index is 0.331. The number of nitrogens with zero attached hydrogens (tertiary/aromatic N) is 2. The molecule has 0 saturated heterocycles. The molecule has 2 aromatic rings. The van der Waals surface area contributed by atoms with E-state index in [0.29, 0.717) is 17.5 Å². The predicted molar refractivity (Wildman–Crippen MR) is 71.2 cm³/mol. The van der Waals surface area contributed by atoms with E-state index in [0.717, 1.165) is 22.2 Å². The number of aromatic nitrogens is 2. The van der Waals surface area contributed by atoms with E-state index in [4.69, 9.17) is 16.3 Å². The molecule has 0 aliphatic carbocycles. The maximum Gasteiger partial charge on any atom is 0.355 e. The molecule has 0 aromatic carbocycles. The zero-order chi connectivity index (χ0) is 13.4. The third-order valence-electron chi connectivity index (χ3n) is 2.98. The van der Waals surface area contributed by atoms with Crippen molar-refractivity contribution in [2.24, 2.45) is 7.05 Å². The lowest BCUT2D eigenvalue weighted by atomic mass is 10.1. The maximum absolute atomic E-state index is 11.9. The largest absolute Gasteiger partial charge is 0.461 e. The van der Waals surface area contributed by atoms with Gasteiger partial charge in [0, 0.05) is 18.1 Å². The molecule has 4 nitrogen and oxygen atoms in total. The number of esters is 1. The average Bonchev–Trinajstić information content (AvgIpc) is 2.51. The van der Waals surface area contributed by atoms with Crippen molar-refractivity contribution in [2.75, 3.05) is 6.61 Å². The Morgan fingerprint density at radius 1 is 1.50 bits per heavy atom. The predicted octanol–water partition coefficient (Wildman–Crippen LogP) is 3.02. The van der Waals surface area contributed by atoms with E-state index in [2.05, 4.69) is 4.98 Å². The van der Waals surface area contributed by atoms with Crippen molar-refractivity contribution in [1.82, 2.24) is 9.55 Å². The van der Waals surface area contributed by atoms with Crippen LogP contribution in [-0.4, -0.2) is 22.1 Å². The van der Waals surface area contributed by atoms with Crippen LogP contribution in [0.15, 0.2) is 6.07 Å². The van der Waals surface area contributed by atoms with Gasteiger partial charge in [-0.05, 0) is 32.4 Å². The van der Waals surface area contributed by atoms with E-state index in [1.807, 2.05) is 19.9 Å². The van der Waals surface area contributed by atoms with Gasteiger partial charge in [0.25, 0.3) is 0 Å².